The second kappa shape index (κ2) is 5.63. The van der Waals surface area contributed by atoms with Gasteiger partial charge in [0.05, 0.1) is 12.0 Å². The van der Waals surface area contributed by atoms with E-state index in [-0.39, 0.29) is 17.6 Å². The van der Waals surface area contributed by atoms with Crippen molar-refractivity contribution in [1.82, 2.24) is 5.32 Å². The molecule has 0 radical (unpaired) electrons. The predicted octanol–water partition coefficient (Wildman–Crippen LogP) is 2.74. The molecule has 1 unspecified atom stereocenters. The Hall–Kier alpha value is -1.89. The van der Waals surface area contributed by atoms with Crippen LogP contribution in [-0.2, 0) is 4.79 Å². The molecular formula is C14H17FN2O. The maximum Gasteiger partial charge on any atom is 0.228 e. The lowest BCUT2D eigenvalue weighted by molar-refractivity contribution is -0.123. The Balaban J connectivity index is 2.88. The number of nitriles is 1. The molecule has 1 aromatic rings. The van der Waals surface area contributed by atoms with Gasteiger partial charge >= 0.3 is 0 Å². The first kappa shape index (κ1) is 14.2. The number of hydrogen-bond acceptors (Lipinski definition) is 2. The van der Waals surface area contributed by atoms with E-state index in [1.54, 1.807) is 26.0 Å². The molecule has 0 fully saturated rings. The summed E-state index contributed by atoms with van der Waals surface area (Å²) in [5.74, 6) is -0.903. The fourth-order valence-electron chi connectivity index (χ4n) is 1.69. The van der Waals surface area contributed by atoms with Crippen molar-refractivity contribution >= 4 is 5.91 Å². The van der Waals surface area contributed by atoms with E-state index in [1.807, 2.05) is 13.0 Å². The largest absolute Gasteiger partial charge is 0.338 e. The van der Waals surface area contributed by atoms with E-state index >= 15 is 0 Å². The molecule has 1 rings (SSSR count). The maximum absolute atomic E-state index is 12.8. The second-order valence-corrected chi connectivity index (χ2v) is 4.74. The van der Waals surface area contributed by atoms with Crippen LogP contribution in [0.15, 0.2) is 24.3 Å². The highest BCUT2D eigenvalue weighted by molar-refractivity contribution is 5.84. The third kappa shape index (κ3) is 3.56. The maximum atomic E-state index is 12.8. The minimum Gasteiger partial charge on any atom is -0.338 e. The molecule has 1 N–H and O–H groups in total. The third-order valence-electron chi connectivity index (χ3n) is 2.71. The topological polar surface area (TPSA) is 52.9 Å². The van der Waals surface area contributed by atoms with Crippen molar-refractivity contribution in [2.45, 2.75) is 38.6 Å². The van der Waals surface area contributed by atoms with Crippen LogP contribution in [0, 0.1) is 17.1 Å². The summed E-state index contributed by atoms with van der Waals surface area (Å²) in [6, 6.07) is 7.89. The summed E-state index contributed by atoms with van der Waals surface area (Å²) < 4.78 is 12.8. The minimum atomic E-state index is -0.898. The summed E-state index contributed by atoms with van der Waals surface area (Å²) in [6.45, 7) is 5.16. The van der Waals surface area contributed by atoms with Gasteiger partial charge in [0.2, 0.25) is 5.91 Å². The van der Waals surface area contributed by atoms with Crippen LogP contribution in [0.1, 0.15) is 38.7 Å². The van der Waals surface area contributed by atoms with Gasteiger partial charge in [0.1, 0.15) is 11.4 Å². The zero-order valence-corrected chi connectivity index (χ0v) is 10.8. The molecular weight excluding hydrogens is 231 g/mol. The summed E-state index contributed by atoms with van der Waals surface area (Å²) in [6.07, 6.45) is 0.596. The lowest BCUT2D eigenvalue weighted by atomic mass is 9.94. The molecule has 0 bridgehead atoms. The van der Waals surface area contributed by atoms with Gasteiger partial charge in [0.25, 0.3) is 0 Å². The summed E-state index contributed by atoms with van der Waals surface area (Å²) >= 11 is 0. The van der Waals surface area contributed by atoms with Gasteiger partial charge in [-0.15, -0.1) is 0 Å². The van der Waals surface area contributed by atoms with Gasteiger partial charge < -0.3 is 5.32 Å². The zero-order chi connectivity index (χ0) is 13.8. The Morgan fingerprint density at radius 2 is 2.00 bits per heavy atom. The van der Waals surface area contributed by atoms with Crippen LogP contribution in [0.5, 0.6) is 0 Å². The number of benzene rings is 1. The molecule has 0 saturated carbocycles. The van der Waals surface area contributed by atoms with E-state index in [0.29, 0.717) is 6.42 Å². The summed E-state index contributed by atoms with van der Waals surface area (Å²) in [5, 5.41) is 11.6. The fourth-order valence-corrected chi connectivity index (χ4v) is 1.69. The summed E-state index contributed by atoms with van der Waals surface area (Å²) in [4.78, 5) is 12.1. The Labute approximate surface area is 107 Å². The quantitative estimate of drug-likeness (QED) is 0.890. The monoisotopic (exact) mass is 248 g/mol. The van der Waals surface area contributed by atoms with Crippen LogP contribution in [-0.4, -0.2) is 11.4 Å². The van der Waals surface area contributed by atoms with Gasteiger partial charge in [-0.2, -0.15) is 5.26 Å². The molecule has 0 aliphatic carbocycles. The number of halogens is 1. The molecule has 96 valence electrons. The fraction of sp³-hybridized carbons (Fsp3) is 0.429. The molecule has 0 aliphatic rings. The average molecular weight is 248 g/mol. The number of rotatable bonds is 4. The Kier molecular flexibility index (Phi) is 4.43. The summed E-state index contributed by atoms with van der Waals surface area (Å²) in [5.41, 5.74) is -0.144. The SMILES string of the molecule is CCC(C(=O)NC(C)(C)C#N)c1ccc(F)cc1. The molecule has 0 spiro atoms. The van der Waals surface area contributed by atoms with Gasteiger partial charge in [0, 0.05) is 0 Å². The molecule has 0 aromatic heterocycles. The molecule has 0 heterocycles. The van der Waals surface area contributed by atoms with Crippen molar-refractivity contribution in [3.05, 3.63) is 35.6 Å². The van der Waals surface area contributed by atoms with E-state index in [4.69, 9.17) is 5.26 Å². The number of amides is 1. The van der Waals surface area contributed by atoms with Gasteiger partial charge in [-0.1, -0.05) is 19.1 Å². The molecule has 4 heteroatoms. The first-order valence-electron chi connectivity index (χ1n) is 5.88. The van der Waals surface area contributed by atoms with Gasteiger partial charge in [0.15, 0.2) is 0 Å². The average Bonchev–Trinajstić information content (AvgIpc) is 2.32. The van der Waals surface area contributed by atoms with Gasteiger partial charge in [-0.3, -0.25) is 4.79 Å². The van der Waals surface area contributed by atoms with E-state index < -0.39 is 5.54 Å². The highest BCUT2D eigenvalue weighted by Crippen LogP contribution is 2.21. The Morgan fingerprint density at radius 1 is 1.44 bits per heavy atom. The zero-order valence-electron chi connectivity index (χ0n) is 10.8. The van der Waals surface area contributed by atoms with Crippen LogP contribution < -0.4 is 5.32 Å². The molecule has 3 nitrogen and oxygen atoms in total. The first-order valence-corrected chi connectivity index (χ1v) is 5.88. The predicted molar refractivity (Wildman–Crippen MR) is 67.3 cm³/mol. The smallest absolute Gasteiger partial charge is 0.228 e. The minimum absolute atomic E-state index is 0.212. The molecule has 18 heavy (non-hydrogen) atoms. The van der Waals surface area contributed by atoms with E-state index in [0.717, 1.165) is 5.56 Å². The van der Waals surface area contributed by atoms with Crippen LogP contribution in [0.3, 0.4) is 0 Å². The van der Waals surface area contributed by atoms with Crippen molar-refractivity contribution in [2.24, 2.45) is 0 Å². The van der Waals surface area contributed by atoms with Crippen molar-refractivity contribution in [1.29, 1.82) is 5.26 Å². The standard InChI is InChI=1S/C14H17FN2O/c1-4-12(10-5-7-11(15)8-6-10)13(18)17-14(2,3)9-16/h5-8,12H,4H2,1-3H3,(H,17,18). The van der Waals surface area contributed by atoms with Crippen molar-refractivity contribution in [3.8, 4) is 6.07 Å². The van der Waals surface area contributed by atoms with E-state index in [2.05, 4.69) is 5.32 Å². The first-order chi connectivity index (χ1) is 8.39. The molecule has 1 aromatic carbocycles. The van der Waals surface area contributed by atoms with Gasteiger partial charge in [-0.05, 0) is 38.0 Å². The van der Waals surface area contributed by atoms with Crippen molar-refractivity contribution in [3.63, 3.8) is 0 Å². The Morgan fingerprint density at radius 3 is 2.44 bits per heavy atom. The van der Waals surface area contributed by atoms with Crippen molar-refractivity contribution in [2.75, 3.05) is 0 Å². The second-order valence-electron chi connectivity index (χ2n) is 4.74. The third-order valence-corrected chi connectivity index (χ3v) is 2.71. The normalized spacial score (nSPS) is 12.6. The molecule has 1 amide bonds. The Bertz CT molecular complexity index is 460. The van der Waals surface area contributed by atoms with Crippen molar-refractivity contribution < 1.29 is 9.18 Å². The molecule has 0 saturated heterocycles. The number of hydrogen-bond donors (Lipinski definition) is 1. The number of nitrogens with one attached hydrogen (secondary N) is 1. The lowest BCUT2D eigenvalue weighted by Gasteiger charge is -2.22. The lowest BCUT2D eigenvalue weighted by Crippen LogP contribution is -2.44. The molecule has 1 atom stereocenters. The highest BCUT2D eigenvalue weighted by atomic mass is 19.1. The van der Waals surface area contributed by atoms with Crippen LogP contribution in [0.25, 0.3) is 0 Å². The van der Waals surface area contributed by atoms with E-state index in [1.165, 1.54) is 12.1 Å². The number of carbonyl (C=O) groups excluding carboxylic acids is 1. The van der Waals surface area contributed by atoms with E-state index in [9.17, 15) is 9.18 Å². The summed E-state index contributed by atoms with van der Waals surface area (Å²) in [7, 11) is 0. The highest BCUT2D eigenvalue weighted by Gasteiger charge is 2.25. The van der Waals surface area contributed by atoms with Crippen LogP contribution in [0.2, 0.25) is 0 Å². The number of carbonyl (C=O) groups is 1. The van der Waals surface area contributed by atoms with Gasteiger partial charge in [-0.25, -0.2) is 4.39 Å². The molecule has 0 aliphatic heterocycles. The van der Waals surface area contributed by atoms with Crippen LogP contribution in [0.4, 0.5) is 4.39 Å². The van der Waals surface area contributed by atoms with Crippen LogP contribution >= 0.6 is 0 Å². The number of nitrogens with zero attached hydrogens (tertiary/aromatic N) is 1.